The molecule has 0 bridgehead atoms. The van der Waals surface area contributed by atoms with Crippen molar-refractivity contribution in [2.75, 3.05) is 6.54 Å². The van der Waals surface area contributed by atoms with Gasteiger partial charge in [-0.15, -0.1) is 6.58 Å². The molecule has 0 radical (unpaired) electrons. The molecule has 8 heavy (non-hydrogen) atoms. The number of hydrogen-bond acceptors (Lipinski definition) is 1. The van der Waals surface area contributed by atoms with Crippen LogP contribution in [0.4, 0.5) is 0 Å². The Labute approximate surface area is 65.3 Å². The van der Waals surface area contributed by atoms with Crippen LogP contribution in [0.3, 0.4) is 0 Å². The van der Waals surface area contributed by atoms with Crippen LogP contribution in [-0.2, 0) is 17.4 Å². The monoisotopic (exact) mass is 168 g/mol. The molecule has 0 saturated carbocycles. The molecule has 0 aromatic heterocycles. The molecule has 0 aliphatic rings. The number of nitrogens with two attached hydrogens (primary N) is 1. The van der Waals surface area contributed by atoms with Gasteiger partial charge in [-0.3, -0.25) is 0 Å². The molecule has 0 unspecified atom stereocenters. The third kappa shape index (κ3) is 9.35. The van der Waals surface area contributed by atoms with E-state index in [2.05, 4.69) is 24.1 Å². The van der Waals surface area contributed by atoms with Crippen molar-refractivity contribution < 1.29 is 17.4 Å². The fraction of sp³-hybridized carbons (Fsp3) is 0.250. The standard InChI is InChI=1S/C4H8N2S.Cr/c1-2-3-6-4(5)7;/h2H,1,3H2,(H3,5,6,7);/q;+2. The van der Waals surface area contributed by atoms with Gasteiger partial charge in [0, 0.05) is 6.54 Å². The first kappa shape index (κ1) is 10.9. The average Bonchev–Trinajstić information content (AvgIpc) is 1.61. The summed E-state index contributed by atoms with van der Waals surface area (Å²) in [5.41, 5.74) is 5.05. The molecule has 0 spiro atoms. The molecular formula is C4H8CrN2S+2. The molecule has 0 aliphatic heterocycles. The molecule has 0 aromatic carbocycles. The minimum Gasteiger partial charge on any atom is -0.376 e. The SMILES string of the molecule is C=CCNC(N)=S.[Cr+2]. The quantitative estimate of drug-likeness (QED) is 0.450. The van der Waals surface area contributed by atoms with E-state index in [1.165, 1.54) is 0 Å². The van der Waals surface area contributed by atoms with Gasteiger partial charge in [0.2, 0.25) is 0 Å². The Morgan fingerprint density at radius 2 is 2.38 bits per heavy atom. The number of thiocarbonyl (C=S) groups is 1. The van der Waals surface area contributed by atoms with E-state index in [1.807, 2.05) is 0 Å². The van der Waals surface area contributed by atoms with Gasteiger partial charge in [-0.1, -0.05) is 6.08 Å². The molecule has 3 N–H and O–H groups in total. The van der Waals surface area contributed by atoms with E-state index in [0.29, 0.717) is 11.7 Å². The molecule has 0 amide bonds. The van der Waals surface area contributed by atoms with Crippen LogP contribution < -0.4 is 11.1 Å². The summed E-state index contributed by atoms with van der Waals surface area (Å²) in [6, 6.07) is 0. The van der Waals surface area contributed by atoms with Gasteiger partial charge in [-0.25, -0.2) is 0 Å². The average molecular weight is 168 g/mol. The van der Waals surface area contributed by atoms with Crippen LogP contribution in [0.25, 0.3) is 0 Å². The van der Waals surface area contributed by atoms with Crippen LogP contribution in [-0.4, -0.2) is 11.7 Å². The van der Waals surface area contributed by atoms with E-state index >= 15 is 0 Å². The summed E-state index contributed by atoms with van der Waals surface area (Å²) in [7, 11) is 0. The van der Waals surface area contributed by atoms with E-state index in [9.17, 15) is 0 Å². The molecule has 44 valence electrons. The minimum absolute atomic E-state index is 0. The zero-order valence-electron chi connectivity index (χ0n) is 4.39. The molecular weight excluding hydrogens is 160 g/mol. The fourth-order valence-electron chi connectivity index (χ4n) is 0.173. The van der Waals surface area contributed by atoms with Crippen molar-refractivity contribution in [3.05, 3.63) is 12.7 Å². The largest absolute Gasteiger partial charge is 2.00 e. The Bertz CT molecular complexity index is 84.1. The maximum absolute atomic E-state index is 5.05. The molecule has 0 heterocycles. The van der Waals surface area contributed by atoms with Crippen molar-refractivity contribution in [3.63, 3.8) is 0 Å². The number of nitrogens with one attached hydrogen (secondary N) is 1. The molecule has 2 nitrogen and oxygen atoms in total. The van der Waals surface area contributed by atoms with Gasteiger partial charge in [0.15, 0.2) is 5.11 Å². The molecule has 0 atom stereocenters. The van der Waals surface area contributed by atoms with Crippen LogP contribution in [0, 0.1) is 0 Å². The zero-order chi connectivity index (χ0) is 5.70. The summed E-state index contributed by atoms with van der Waals surface area (Å²) in [6.45, 7) is 4.10. The summed E-state index contributed by atoms with van der Waals surface area (Å²) in [6.07, 6.45) is 1.69. The molecule has 0 fully saturated rings. The second-order valence-corrected chi connectivity index (χ2v) is 1.47. The summed E-state index contributed by atoms with van der Waals surface area (Å²) in [5.74, 6) is 0. The van der Waals surface area contributed by atoms with E-state index in [-0.39, 0.29) is 17.4 Å². The van der Waals surface area contributed by atoms with E-state index in [1.54, 1.807) is 6.08 Å². The van der Waals surface area contributed by atoms with Crippen LogP contribution in [0.1, 0.15) is 0 Å². The van der Waals surface area contributed by atoms with Crippen LogP contribution in [0.5, 0.6) is 0 Å². The number of rotatable bonds is 2. The Kier molecular flexibility index (Phi) is 9.45. The van der Waals surface area contributed by atoms with Crippen LogP contribution >= 0.6 is 12.2 Å². The second kappa shape index (κ2) is 6.96. The van der Waals surface area contributed by atoms with E-state index in [0.717, 1.165) is 0 Å². The number of hydrogen-bond donors (Lipinski definition) is 2. The maximum Gasteiger partial charge on any atom is 2.00 e. The molecule has 0 rings (SSSR count). The van der Waals surface area contributed by atoms with Crippen molar-refractivity contribution in [1.82, 2.24) is 5.32 Å². The van der Waals surface area contributed by atoms with Gasteiger partial charge < -0.3 is 11.1 Å². The molecule has 0 aromatic rings. The topological polar surface area (TPSA) is 38.0 Å². The Balaban J connectivity index is 0. The summed E-state index contributed by atoms with van der Waals surface area (Å²) in [5, 5.41) is 3.01. The van der Waals surface area contributed by atoms with E-state index in [4.69, 9.17) is 5.73 Å². The minimum atomic E-state index is 0. The van der Waals surface area contributed by atoms with Crippen molar-refractivity contribution in [2.24, 2.45) is 5.73 Å². The zero-order valence-corrected chi connectivity index (χ0v) is 6.48. The molecule has 0 saturated heterocycles. The van der Waals surface area contributed by atoms with Gasteiger partial charge in [-0.05, 0) is 12.2 Å². The van der Waals surface area contributed by atoms with Gasteiger partial charge in [0.05, 0.1) is 0 Å². The third-order valence-electron chi connectivity index (χ3n) is 0.421. The van der Waals surface area contributed by atoms with Crippen molar-refractivity contribution in [2.45, 2.75) is 0 Å². The summed E-state index contributed by atoms with van der Waals surface area (Å²) in [4.78, 5) is 0. The Morgan fingerprint density at radius 1 is 1.88 bits per heavy atom. The third-order valence-corrected chi connectivity index (χ3v) is 0.565. The molecule has 4 heteroatoms. The van der Waals surface area contributed by atoms with Gasteiger partial charge >= 0.3 is 17.4 Å². The smallest absolute Gasteiger partial charge is 0.376 e. The van der Waals surface area contributed by atoms with E-state index < -0.39 is 0 Å². The second-order valence-electron chi connectivity index (χ2n) is 1.03. The predicted octanol–water partition coefficient (Wildman–Crippen LogP) is 0.00310. The Morgan fingerprint density at radius 3 is 2.50 bits per heavy atom. The van der Waals surface area contributed by atoms with Crippen molar-refractivity contribution >= 4 is 17.3 Å². The first-order valence-electron chi connectivity index (χ1n) is 1.91. The summed E-state index contributed by atoms with van der Waals surface area (Å²) < 4.78 is 0. The van der Waals surface area contributed by atoms with Gasteiger partial charge in [0.1, 0.15) is 0 Å². The predicted molar refractivity (Wildman–Crippen MR) is 35.0 cm³/mol. The molecule has 0 aliphatic carbocycles. The first-order valence-corrected chi connectivity index (χ1v) is 2.32. The normalized spacial score (nSPS) is 6.50. The Hall–Kier alpha value is -0.0375. The maximum atomic E-state index is 5.05. The van der Waals surface area contributed by atoms with Crippen LogP contribution in [0.2, 0.25) is 0 Å². The van der Waals surface area contributed by atoms with Gasteiger partial charge in [0.25, 0.3) is 0 Å². The van der Waals surface area contributed by atoms with Crippen LogP contribution in [0.15, 0.2) is 12.7 Å². The van der Waals surface area contributed by atoms with Crippen molar-refractivity contribution in [1.29, 1.82) is 0 Å². The van der Waals surface area contributed by atoms with Gasteiger partial charge in [-0.2, -0.15) is 0 Å². The van der Waals surface area contributed by atoms with Crippen molar-refractivity contribution in [3.8, 4) is 0 Å². The fourth-order valence-corrected chi connectivity index (χ4v) is 0.256. The summed E-state index contributed by atoms with van der Waals surface area (Å²) >= 11 is 4.48. The first-order chi connectivity index (χ1) is 3.27.